The Labute approximate surface area is 148 Å². The second-order valence-corrected chi connectivity index (χ2v) is 7.01. The summed E-state index contributed by atoms with van der Waals surface area (Å²) in [6.45, 7) is 7.65. The molecule has 2 amide bonds. The van der Waals surface area contributed by atoms with Crippen molar-refractivity contribution in [2.75, 3.05) is 39.4 Å². The number of carbonyl (C=O) groups excluding carboxylic acids is 2. The lowest BCUT2D eigenvalue weighted by Crippen LogP contribution is -2.51. The zero-order chi connectivity index (χ0) is 17.8. The third kappa shape index (κ3) is 4.44. The molecule has 0 radical (unpaired) electrons. The molecule has 25 heavy (non-hydrogen) atoms. The smallest absolute Gasteiger partial charge is 0.227 e. The standard InChI is InChI=1S/C19H26N2O4/c1-14(2)11-18(22)20-5-7-21(8-6-20)19(23)13-15-3-4-16-17(12-15)25-10-9-24-16/h3-4,12,14H,5-11,13H2,1-2H3. The quantitative estimate of drug-likeness (QED) is 0.833. The van der Waals surface area contributed by atoms with Crippen LogP contribution >= 0.6 is 0 Å². The van der Waals surface area contributed by atoms with Crippen LogP contribution in [0, 0.1) is 5.92 Å². The predicted octanol–water partition coefficient (Wildman–Crippen LogP) is 1.72. The van der Waals surface area contributed by atoms with Gasteiger partial charge in [0.2, 0.25) is 11.8 Å². The minimum Gasteiger partial charge on any atom is -0.486 e. The maximum absolute atomic E-state index is 12.5. The molecule has 136 valence electrons. The van der Waals surface area contributed by atoms with Crippen molar-refractivity contribution in [1.29, 1.82) is 0 Å². The minimum atomic E-state index is 0.0904. The number of rotatable bonds is 4. The lowest BCUT2D eigenvalue weighted by atomic mass is 10.1. The molecule has 6 nitrogen and oxygen atoms in total. The van der Waals surface area contributed by atoms with Crippen molar-refractivity contribution < 1.29 is 19.1 Å². The van der Waals surface area contributed by atoms with Gasteiger partial charge in [-0.15, -0.1) is 0 Å². The molecule has 0 saturated carbocycles. The van der Waals surface area contributed by atoms with Crippen LogP contribution < -0.4 is 9.47 Å². The van der Waals surface area contributed by atoms with Crippen LogP contribution in [0.15, 0.2) is 18.2 Å². The molecule has 3 rings (SSSR count). The number of piperazine rings is 1. The predicted molar refractivity (Wildman–Crippen MR) is 93.8 cm³/mol. The van der Waals surface area contributed by atoms with E-state index in [2.05, 4.69) is 0 Å². The van der Waals surface area contributed by atoms with Crippen LogP contribution in [0.3, 0.4) is 0 Å². The topological polar surface area (TPSA) is 59.1 Å². The molecule has 0 atom stereocenters. The molecule has 2 aliphatic heterocycles. The van der Waals surface area contributed by atoms with E-state index in [1.165, 1.54) is 0 Å². The van der Waals surface area contributed by atoms with Crippen LogP contribution in [-0.2, 0) is 16.0 Å². The van der Waals surface area contributed by atoms with Crippen molar-refractivity contribution in [3.05, 3.63) is 23.8 Å². The largest absolute Gasteiger partial charge is 0.486 e. The van der Waals surface area contributed by atoms with E-state index < -0.39 is 0 Å². The summed E-state index contributed by atoms with van der Waals surface area (Å²) in [7, 11) is 0. The summed E-state index contributed by atoms with van der Waals surface area (Å²) < 4.78 is 11.1. The molecule has 0 aromatic heterocycles. The van der Waals surface area contributed by atoms with Gasteiger partial charge < -0.3 is 19.3 Å². The van der Waals surface area contributed by atoms with Crippen LogP contribution in [0.1, 0.15) is 25.8 Å². The van der Waals surface area contributed by atoms with E-state index in [0.29, 0.717) is 63.9 Å². The molecule has 0 unspecified atom stereocenters. The summed E-state index contributed by atoms with van der Waals surface area (Å²) in [5.41, 5.74) is 0.924. The third-order valence-electron chi connectivity index (χ3n) is 4.53. The minimum absolute atomic E-state index is 0.0904. The monoisotopic (exact) mass is 346 g/mol. The third-order valence-corrected chi connectivity index (χ3v) is 4.53. The Balaban J connectivity index is 1.52. The fourth-order valence-electron chi connectivity index (χ4n) is 3.17. The molecule has 6 heteroatoms. The SMILES string of the molecule is CC(C)CC(=O)N1CCN(C(=O)Cc2ccc3c(c2)OCCO3)CC1. The Kier molecular flexibility index (Phi) is 5.46. The first kappa shape index (κ1) is 17.6. The van der Waals surface area contributed by atoms with Crippen LogP contribution in [0.25, 0.3) is 0 Å². The molecule has 0 N–H and O–H groups in total. The highest BCUT2D eigenvalue weighted by Crippen LogP contribution is 2.31. The molecule has 2 aliphatic rings. The normalized spacial score (nSPS) is 16.9. The van der Waals surface area contributed by atoms with Crippen molar-refractivity contribution in [3.8, 4) is 11.5 Å². The molecular formula is C19H26N2O4. The summed E-state index contributed by atoms with van der Waals surface area (Å²) in [4.78, 5) is 28.4. The fourth-order valence-corrected chi connectivity index (χ4v) is 3.17. The van der Waals surface area contributed by atoms with Gasteiger partial charge >= 0.3 is 0 Å². The number of nitrogens with zero attached hydrogens (tertiary/aromatic N) is 2. The van der Waals surface area contributed by atoms with Gasteiger partial charge in [0, 0.05) is 32.6 Å². The van der Waals surface area contributed by atoms with Crippen molar-refractivity contribution in [2.24, 2.45) is 5.92 Å². The Morgan fingerprint density at radius 1 is 0.960 bits per heavy atom. The number of ether oxygens (including phenoxy) is 2. The van der Waals surface area contributed by atoms with E-state index in [4.69, 9.17) is 9.47 Å². The maximum Gasteiger partial charge on any atom is 0.227 e. The van der Waals surface area contributed by atoms with E-state index in [1.807, 2.05) is 41.8 Å². The lowest BCUT2D eigenvalue weighted by molar-refractivity contribution is -0.139. The number of hydrogen-bond donors (Lipinski definition) is 0. The van der Waals surface area contributed by atoms with E-state index in [1.54, 1.807) is 0 Å². The van der Waals surface area contributed by atoms with Crippen LogP contribution in [0.4, 0.5) is 0 Å². The van der Waals surface area contributed by atoms with E-state index in [-0.39, 0.29) is 11.8 Å². The first-order chi connectivity index (χ1) is 12.0. The summed E-state index contributed by atoms with van der Waals surface area (Å²) in [6.07, 6.45) is 0.918. The summed E-state index contributed by atoms with van der Waals surface area (Å²) in [6, 6.07) is 5.66. The summed E-state index contributed by atoms with van der Waals surface area (Å²) in [5, 5.41) is 0. The molecule has 2 heterocycles. The molecule has 0 bridgehead atoms. The van der Waals surface area contributed by atoms with Gasteiger partial charge in [0.1, 0.15) is 13.2 Å². The molecule has 1 fully saturated rings. The number of amides is 2. The zero-order valence-corrected chi connectivity index (χ0v) is 15.0. The first-order valence-electron chi connectivity index (χ1n) is 8.97. The number of benzene rings is 1. The maximum atomic E-state index is 12.5. The lowest BCUT2D eigenvalue weighted by Gasteiger charge is -2.35. The molecule has 0 spiro atoms. The average Bonchev–Trinajstić information content (AvgIpc) is 2.61. The van der Waals surface area contributed by atoms with Gasteiger partial charge in [-0.3, -0.25) is 9.59 Å². The van der Waals surface area contributed by atoms with Crippen molar-refractivity contribution in [2.45, 2.75) is 26.7 Å². The zero-order valence-electron chi connectivity index (χ0n) is 15.0. The Bertz CT molecular complexity index is 636. The summed E-state index contributed by atoms with van der Waals surface area (Å²) in [5.74, 6) is 2.09. The van der Waals surface area contributed by atoms with Gasteiger partial charge in [0.25, 0.3) is 0 Å². The Morgan fingerprint density at radius 3 is 2.20 bits per heavy atom. The number of hydrogen-bond acceptors (Lipinski definition) is 4. The van der Waals surface area contributed by atoms with E-state index >= 15 is 0 Å². The number of fused-ring (bicyclic) bond motifs is 1. The molecular weight excluding hydrogens is 320 g/mol. The van der Waals surface area contributed by atoms with Crippen molar-refractivity contribution in [1.82, 2.24) is 9.80 Å². The van der Waals surface area contributed by atoms with Gasteiger partial charge in [-0.1, -0.05) is 19.9 Å². The highest BCUT2D eigenvalue weighted by molar-refractivity contribution is 5.80. The van der Waals surface area contributed by atoms with Gasteiger partial charge in [-0.2, -0.15) is 0 Å². The highest BCUT2D eigenvalue weighted by atomic mass is 16.6. The van der Waals surface area contributed by atoms with E-state index in [0.717, 1.165) is 11.3 Å². The van der Waals surface area contributed by atoms with Crippen LogP contribution in [-0.4, -0.2) is 61.0 Å². The molecule has 1 aromatic rings. The van der Waals surface area contributed by atoms with E-state index in [9.17, 15) is 9.59 Å². The average molecular weight is 346 g/mol. The Morgan fingerprint density at radius 2 is 1.56 bits per heavy atom. The summed E-state index contributed by atoms with van der Waals surface area (Å²) >= 11 is 0. The fraction of sp³-hybridized carbons (Fsp3) is 0.579. The van der Waals surface area contributed by atoms with Gasteiger partial charge in [0.05, 0.1) is 6.42 Å². The van der Waals surface area contributed by atoms with Gasteiger partial charge in [-0.25, -0.2) is 0 Å². The highest BCUT2D eigenvalue weighted by Gasteiger charge is 2.24. The second-order valence-electron chi connectivity index (χ2n) is 7.01. The van der Waals surface area contributed by atoms with Gasteiger partial charge in [-0.05, 0) is 23.6 Å². The number of carbonyl (C=O) groups is 2. The first-order valence-corrected chi connectivity index (χ1v) is 8.97. The van der Waals surface area contributed by atoms with Crippen molar-refractivity contribution >= 4 is 11.8 Å². The molecule has 1 aromatic carbocycles. The van der Waals surface area contributed by atoms with Crippen molar-refractivity contribution in [3.63, 3.8) is 0 Å². The van der Waals surface area contributed by atoms with Crippen LogP contribution in [0.5, 0.6) is 11.5 Å². The second kappa shape index (κ2) is 7.76. The Hall–Kier alpha value is -2.24. The van der Waals surface area contributed by atoms with Gasteiger partial charge in [0.15, 0.2) is 11.5 Å². The molecule has 0 aliphatic carbocycles. The van der Waals surface area contributed by atoms with Crippen LogP contribution in [0.2, 0.25) is 0 Å². The molecule has 1 saturated heterocycles.